The van der Waals surface area contributed by atoms with Gasteiger partial charge in [0.15, 0.2) is 6.10 Å². The van der Waals surface area contributed by atoms with E-state index in [1.165, 1.54) is 0 Å². The number of hydrogen-bond donors (Lipinski definition) is 1. The van der Waals surface area contributed by atoms with E-state index in [0.29, 0.717) is 5.92 Å². The third kappa shape index (κ3) is 4.47. The molecule has 0 bridgehead atoms. The summed E-state index contributed by atoms with van der Waals surface area (Å²) in [5.41, 5.74) is 5.80. The maximum absolute atomic E-state index is 12.5. The fourth-order valence-corrected chi connectivity index (χ4v) is 2.62. The SMILES string of the molecule is COC(CC1CCC(C(C)N)CC1)C(F)(F)F. The molecule has 1 aliphatic rings. The fraction of sp³-hybridized carbons (Fsp3) is 1.00. The summed E-state index contributed by atoms with van der Waals surface area (Å²) in [5.74, 6) is 0.592. The molecule has 0 saturated heterocycles. The molecule has 17 heavy (non-hydrogen) atoms. The van der Waals surface area contributed by atoms with E-state index in [1.54, 1.807) is 0 Å². The van der Waals surface area contributed by atoms with Gasteiger partial charge in [0, 0.05) is 13.2 Å². The molecule has 1 saturated carbocycles. The molecule has 0 aromatic carbocycles. The second kappa shape index (κ2) is 6.05. The average molecular weight is 253 g/mol. The standard InChI is InChI=1S/C12H22F3NO/c1-8(16)10-5-3-9(4-6-10)7-11(17-2)12(13,14)15/h8-11H,3-7,16H2,1-2H3. The van der Waals surface area contributed by atoms with Gasteiger partial charge in [0.2, 0.25) is 0 Å². The van der Waals surface area contributed by atoms with Crippen molar-refractivity contribution in [2.45, 2.75) is 57.3 Å². The zero-order valence-corrected chi connectivity index (χ0v) is 10.5. The number of alkyl halides is 3. The Morgan fingerprint density at radius 3 is 2.12 bits per heavy atom. The van der Waals surface area contributed by atoms with Crippen LogP contribution in [0.2, 0.25) is 0 Å². The molecule has 0 aromatic rings. The topological polar surface area (TPSA) is 35.2 Å². The highest BCUT2D eigenvalue weighted by Gasteiger charge is 2.41. The molecule has 2 unspecified atom stereocenters. The predicted molar refractivity (Wildman–Crippen MR) is 60.6 cm³/mol. The molecule has 1 rings (SSSR count). The molecule has 2 atom stereocenters. The van der Waals surface area contributed by atoms with Crippen LogP contribution in [0.3, 0.4) is 0 Å². The van der Waals surface area contributed by atoms with Crippen LogP contribution in [-0.2, 0) is 4.74 Å². The summed E-state index contributed by atoms with van der Waals surface area (Å²) >= 11 is 0. The van der Waals surface area contributed by atoms with Crippen LogP contribution in [0.4, 0.5) is 13.2 Å². The van der Waals surface area contributed by atoms with Crippen molar-refractivity contribution in [3.8, 4) is 0 Å². The zero-order chi connectivity index (χ0) is 13.1. The number of halogens is 3. The Labute approximate surface area is 101 Å². The van der Waals surface area contributed by atoms with Crippen LogP contribution in [0.25, 0.3) is 0 Å². The van der Waals surface area contributed by atoms with Gasteiger partial charge in [-0.1, -0.05) is 12.8 Å². The number of hydrogen-bond acceptors (Lipinski definition) is 2. The molecule has 0 amide bonds. The van der Waals surface area contributed by atoms with E-state index in [9.17, 15) is 13.2 Å². The third-order valence-electron chi connectivity index (χ3n) is 3.83. The minimum atomic E-state index is -4.24. The van der Waals surface area contributed by atoms with E-state index in [1.807, 2.05) is 6.92 Å². The summed E-state index contributed by atoms with van der Waals surface area (Å²) < 4.78 is 42.1. The first-order valence-corrected chi connectivity index (χ1v) is 6.19. The molecule has 102 valence electrons. The van der Waals surface area contributed by atoms with Gasteiger partial charge in [-0.05, 0) is 38.0 Å². The summed E-state index contributed by atoms with van der Waals surface area (Å²) in [6.07, 6.45) is -2.21. The molecular formula is C12H22F3NO. The van der Waals surface area contributed by atoms with Gasteiger partial charge in [0.25, 0.3) is 0 Å². The van der Waals surface area contributed by atoms with E-state index in [-0.39, 0.29) is 18.4 Å². The van der Waals surface area contributed by atoms with Crippen LogP contribution in [0.5, 0.6) is 0 Å². The monoisotopic (exact) mass is 253 g/mol. The Kier molecular flexibility index (Phi) is 5.25. The smallest absolute Gasteiger partial charge is 0.372 e. The molecule has 0 radical (unpaired) electrons. The van der Waals surface area contributed by atoms with Gasteiger partial charge in [-0.3, -0.25) is 0 Å². The molecule has 2 N–H and O–H groups in total. The lowest BCUT2D eigenvalue weighted by Gasteiger charge is -2.32. The van der Waals surface area contributed by atoms with Crippen molar-refractivity contribution < 1.29 is 17.9 Å². The van der Waals surface area contributed by atoms with Gasteiger partial charge < -0.3 is 10.5 Å². The van der Waals surface area contributed by atoms with Gasteiger partial charge in [-0.25, -0.2) is 0 Å². The summed E-state index contributed by atoms with van der Waals surface area (Å²) in [5, 5.41) is 0. The van der Waals surface area contributed by atoms with Crippen LogP contribution in [0, 0.1) is 11.8 Å². The minimum Gasteiger partial charge on any atom is -0.372 e. The number of ether oxygens (including phenoxy) is 1. The molecule has 5 heteroatoms. The quantitative estimate of drug-likeness (QED) is 0.835. The maximum atomic E-state index is 12.5. The molecule has 0 aromatic heterocycles. The molecule has 1 fully saturated rings. The lowest BCUT2D eigenvalue weighted by atomic mass is 9.77. The summed E-state index contributed by atoms with van der Waals surface area (Å²) in [6, 6.07) is 0.150. The first-order chi connectivity index (χ1) is 7.84. The highest BCUT2D eigenvalue weighted by atomic mass is 19.4. The Morgan fingerprint density at radius 2 is 1.76 bits per heavy atom. The highest BCUT2D eigenvalue weighted by Crippen LogP contribution is 2.36. The van der Waals surface area contributed by atoms with Crippen molar-refractivity contribution in [2.24, 2.45) is 17.6 Å². The van der Waals surface area contributed by atoms with Crippen LogP contribution in [0.15, 0.2) is 0 Å². The third-order valence-corrected chi connectivity index (χ3v) is 3.83. The van der Waals surface area contributed by atoms with Crippen molar-refractivity contribution in [3.05, 3.63) is 0 Å². The lowest BCUT2D eigenvalue weighted by molar-refractivity contribution is -0.218. The van der Waals surface area contributed by atoms with Gasteiger partial charge in [-0.2, -0.15) is 13.2 Å². The van der Waals surface area contributed by atoms with Gasteiger partial charge >= 0.3 is 6.18 Å². The normalized spacial score (nSPS) is 30.0. The van der Waals surface area contributed by atoms with E-state index in [4.69, 9.17) is 5.73 Å². The summed E-state index contributed by atoms with van der Waals surface area (Å²) in [4.78, 5) is 0. The van der Waals surface area contributed by atoms with E-state index >= 15 is 0 Å². The Morgan fingerprint density at radius 1 is 1.24 bits per heavy atom. The van der Waals surface area contributed by atoms with Crippen LogP contribution in [-0.4, -0.2) is 25.4 Å². The van der Waals surface area contributed by atoms with Gasteiger partial charge in [0.05, 0.1) is 0 Å². The molecule has 1 aliphatic carbocycles. The van der Waals surface area contributed by atoms with Crippen molar-refractivity contribution >= 4 is 0 Å². The first kappa shape index (κ1) is 14.8. The second-order valence-corrected chi connectivity index (χ2v) is 5.14. The van der Waals surface area contributed by atoms with Crippen molar-refractivity contribution in [1.82, 2.24) is 0 Å². The maximum Gasteiger partial charge on any atom is 0.414 e. The summed E-state index contributed by atoms with van der Waals surface area (Å²) in [7, 11) is 1.13. The number of rotatable bonds is 4. The molecule has 2 nitrogen and oxygen atoms in total. The van der Waals surface area contributed by atoms with E-state index in [2.05, 4.69) is 4.74 Å². The molecule has 0 spiro atoms. The molecular weight excluding hydrogens is 231 g/mol. The van der Waals surface area contributed by atoms with Crippen molar-refractivity contribution in [3.63, 3.8) is 0 Å². The molecule has 0 heterocycles. The fourth-order valence-electron chi connectivity index (χ4n) is 2.62. The van der Waals surface area contributed by atoms with Crippen LogP contribution >= 0.6 is 0 Å². The van der Waals surface area contributed by atoms with E-state index < -0.39 is 12.3 Å². The Hall–Kier alpha value is -0.290. The van der Waals surface area contributed by atoms with E-state index in [0.717, 1.165) is 32.8 Å². The largest absolute Gasteiger partial charge is 0.414 e. The van der Waals surface area contributed by atoms with Gasteiger partial charge in [0.1, 0.15) is 0 Å². The number of nitrogens with two attached hydrogens (primary N) is 1. The van der Waals surface area contributed by atoms with Crippen molar-refractivity contribution in [1.29, 1.82) is 0 Å². The molecule has 0 aliphatic heterocycles. The Bertz CT molecular complexity index is 222. The lowest BCUT2D eigenvalue weighted by Crippen LogP contribution is -2.35. The first-order valence-electron chi connectivity index (χ1n) is 6.19. The number of methoxy groups -OCH3 is 1. The van der Waals surface area contributed by atoms with Crippen molar-refractivity contribution in [2.75, 3.05) is 7.11 Å². The van der Waals surface area contributed by atoms with Crippen LogP contribution in [0.1, 0.15) is 39.0 Å². The predicted octanol–water partition coefficient (Wildman–Crippen LogP) is 3.11. The zero-order valence-electron chi connectivity index (χ0n) is 10.5. The average Bonchev–Trinajstić information content (AvgIpc) is 2.24. The summed E-state index contributed by atoms with van der Waals surface area (Å²) in [6.45, 7) is 1.97. The Balaban J connectivity index is 2.39. The highest BCUT2D eigenvalue weighted by molar-refractivity contribution is 4.80. The minimum absolute atomic E-state index is 0.0890. The van der Waals surface area contributed by atoms with Crippen LogP contribution < -0.4 is 5.73 Å². The van der Waals surface area contributed by atoms with Gasteiger partial charge in [-0.15, -0.1) is 0 Å². The second-order valence-electron chi connectivity index (χ2n) is 5.14.